The molecule has 0 radical (unpaired) electrons. The highest BCUT2D eigenvalue weighted by molar-refractivity contribution is 6.11. The third-order valence-electron chi connectivity index (χ3n) is 5.53. The highest BCUT2D eigenvalue weighted by Crippen LogP contribution is 2.29. The number of Topliss-reactive ketones (excluding diaryl/α,β-unsaturated/α-hetero) is 1. The van der Waals surface area contributed by atoms with Crippen molar-refractivity contribution >= 4 is 29.3 Å². The molecule has 2 N–H and O–H groups in total. The molecule has 0 unspecified atom stereocenters. The van der Waals surface area contributed by atoms with Crippen LogP contribution in [0.1, 0.15) is 40.4 Å². The van der Waals surface area contributed by atoms with Gasteiger partial charge in [0.25, 0.3) is 5.91 Å². The minimum absolute atomic E-state index is 0.0497. The summed E-state index contributed by atoms with van der Waals surface area (Å²) in [6, 6.07) is 11.8. The minimum Gasteiger partial charge on any atom is -0.326 e. The van der Waals surface area contributed by atoms with E-state index in [-0.39, 0.29) is 18.2 Å². The van der Waals surface area contributed by atoms with Gasteiger partial charge in [0, 0.05) is 17.7 Å². The van der Waals surface area contributed by atoms with Crippen molar-refractivity contribution in [3.8, 4) is 0 Å². The number of nitrogens with one attached hydrogen (secondary N) is 2. The molecule has 2 aromatic rings. The van der Waals surface area contributed by atoms with Gasteiger partial charge >= 0.3 is 6.03 Å². The lowest BCUT2D eigenvalue weighted by Gasteiger charge is -2.22. The van der Waals surface area contributed by atoms with Crippen LogP contribution in [0, 0.1) is 6.92 Å². The van der Waals surface area contributed by atoms with Crippen molar-refractivity contribution in [3.05, 3.63) is 64.7 Å². The average Bonchev–Trinajstić information content (AvgIpc) is 2.92. The van der Waals surface area contributed by atoms with E-state index in [9.17, 15) is 19.2 Å². The van der Waals surface area contributed by atoms with E-state index in [4.69, 9.17) is 0 Å². The molecule has 29 heavy (non-hydrogen) atoms. The number of hydrogen-bond acceptors (Lipinski definition) is 4. The normalized spacial score (nSPS) is 20.9. The first-order valence-corrected chi connectivity index (χ1v) is 9.45. The van der Waals surface area contributed by atoms with Crippen LogP contribution >= 0.6 is 0 Å². The number of amides is 4. The van der Waals surface area contributed by atoms with Crippen LogP contribution in [0.5, 0.6) is 0 Å². The maximum absolute atomic E-state index is 13.0. The number of imide groups is 1. The lowest BCUT2D eigenvalue weighted by atomic mass is 9.91. The van der Waals surface area contributed by atoms with Gasteiger partial charge in [0.1, 0.15) is 5.54 Å². The summed E-state index contributed by atoms with van der Waals surface area (Å²) in [5, 5.41) is 5.48. The van der Waals surface area contributed by atoms with Crippen molar-refractivity contribution in [1.82, 2.24) is 10.2 Å². The number of benzene rings is 2. The Balaban J connectivity index is 1.54. The number of nitrogens with zero attached hydrogens (tertiary/aromatic N) is 1. The topological polar surface area (TPSA) is 95.6 Å². The highest BCUT2D eigenvalue weighted by Gasteiger charge is 2.49. The maximum atomic E-state index is 13.0. The largest absolute Gasteiger partial charge is 0.326 e. The molecule has 0 aliphatic carbocycles. The summed E-state index contributed by atoms with van der Waals surface area (Å²) >= 11 is 0. The van der Waals surface area contributed by atoms with Gasteiger partial charge in [-0.1, -0.05) is 29.8 Å². The molecule has 0 aromatic heterocycles. The van der Waals surface area contributed by atoms with E-state index in [1.165, 1.54) is 0 Å². The lowest BCUT2D eigenvalue weighted by Crippen LogP contribution is -2.41. The van der Waals surface area contributed by atoms with Crippen LogP contribution in [0.4, 0.5) is 10.5 Å². The van der Waals surface area contributed by atoms with E-state index in [0.717, 1.165) is 16.0 Å². The minimum atomic E-state index is -1.20. The van der Waals surface area contributed by atoms with E-state index in [2.05, 4.69) is 10.6 Å². The van der Waals surface area contributed by atoms with E-state index in [0.29, 0.717) is 29.7 Å². The van der Waals surface area contributed by atoms with Gasteiger partial charge in [0.05, 0.1) is 6.54 Å². The summed E-state index contributed by atoms with van der Waals surface area (Å²) in [6.07, 6.45) is 0.920. The van der Waals surface area contributed by atoms with Crippen molar-refractivity contribution in [2.45, 2.75) is 32.2 Å². The summed E-state index contributed by atoms with van der Waals surface area (Å²) in [7, 11) is 0. The molecule has 0 bridgehead atoms. The van der Waals surface area contributed by atoms with Crippen LogP contribution in [0.25, 0.3) is 0 Å². The van der Waals surface area contributed by atoms with E-state index >= 15 is 0 Å². The highest BCUT2D eigenvalue weighted by atomic mass is 16.2. The molecule has 2 heterocycles. The number of ketones is 1. The van der Waals surface area contributed by atoms with Gasteiger partial charge in [-0.2, -0.15) is 0 Å². The molecular formula is C22H21N3O4. The fourth-order valence-corrected chi connectivity index (χ4v) is 3.71. The van der Waals surface area contributed by atoms with Crippen LogP contribution in [0.2, 0.25) is 0 Å². The van der Waals surface area contributed by atoms with Gasteiger partial charge in [-0.3, -0.25) is 19.3 Å². The maximum Gasteiger partial charge on any atom is 0.325 e. The number of urea groups is 1. The monoisotopic (exact) mass is 391 g/mol. The first kappa shape index (κ1) is 18.9. The quantitative estimate of drug-likeness (QED) is 0.618. The van der Waals surface area contributed by atoms with Gasteiger partial charge < -0.3 is 10.6 Å². The van der Waals surface area contributed by atoms with Crippen LogP contribution in [-0.2, 0) is 21.5 Å². The molecule has 2 aromatic carbocycles. The number of anilines is 1. The van der Waals surface area contributed by atoms with Crippen molar-refractivity contribution in [3.63, 3.8) is 0 Å². The third-order valence-corrected chi connectivity index (χ3v) is 5.53. The third kappa shape index (κ3) is 3.29. The van der Waals surface area contributed by atoms with Gasteiger partial charge in [0.15, 0.2) is 5.78 Å². The van der Waals surface area contributed by atoms with Crippen molar-refractivity contribution in [2.24, 2.45) is 0 Å². The first-order valence-electron chi connectivity index (χ1n) is 9.45. The Hall–Kier alpha value is -3.48. The zero-order valence-corrected chi connectivity index (χ0v) is 16.2. The zero-order valence-electron chi connectivity index (χ0n) is 16.2. The molecule has 7 nitrogen and oxygen atoms in total. The Morgan fingerprint density at radius 1 is 1.07 bits per heavy atom. The fraction of sp³-hybridized carbons (Fsp3) is 0.273. The standard InChI is InChI=1S/C22H21N3O4/c1-13-3-7-16(8-4-13)22(2)20(28)25(21(29)24-22)12-18(26)15-5-9-17-14(11-15)6-10-19(27)23-17/h3-5,7-9,11H,6,10,12H2,1-2H3,(H,23,27)(H,24,29)/t22-/m1/s1. The number of hydrogen-bond donors (Lipinski definition) is 2. The molecule has 1 atom stereocenters. The van der Waals surface area contributed by atoms with E-state index < -0.39 is 17.5 Å². The molecule has 2 aliphatic rings. The second-order valence-corrected chi connectivity index (χ2v) is 7.66. The predicted molar refractivity (Wildman–Crippen MR) is 106 cm³/mol. The Labute approximate surface area is 168 Å². The number of fused-ring (bicyclic) bond motifs is 1. The molecule has 0 saturated carbocycles. The van der Waals surface area contributed by atoms with Gasteiger partial charge in [0.2, 0.25) is 5.91 Å². The van der Waals surface area contributed by atoms with Gasteiger partial charge in [-0.15, -0.1) is 0 Å². The molecule has 2 aliphatic heterocycles. The Kier molecular flexibility index (Phi) is 4.45. The van der Waals surface area contributed by atoms with Gasteiger partial charge in [-0.25, -0.2) is 4.79 Å². The van der Waals surface area contributed by atoms with Crippen molar-refractivity contribution in [1.29, 1.82) is 0 Å². The summed E-state index contributed by atoms with van der Waals surface area (Å²) in [5.41, 5.74) is 2.48. The lowest BCUT2D eigenvalue weighted by molar-refractivity contribution is -0.130. The molecule has 4 rings (SSSR count). The number of aryl methyl sites for hydroxylation is 2. The summed E-state index contributed by atoms with van der Waals surface area (Å²) in [4.78, 5) is 50.7. The summed E-state index contributed by atoms with van der Waals surface area (Å²) in [6.45, 7) is 3.25. The second kappa shape index (κ2) is 6.84. The summed E-state index contributed by atoms with van der Waals surface area (Å²) in [5.74, 6) is -0.836. The van der Waals surface area contributed by atoms with Crippen molar-refractivity contribution in [2.75, 3.05) is 11.9 Å². The van der Waals surface area contributed by atoms with Crippen LogP contribution in [0.15, 0.2) is 42.5 Å². The number of carbonyl (C=O) groups is 4. The number of carbonyl (C=O) groups excluding carboxylic acids is 4. The fourth-order valence-electron chi connectivity index (χ4n) is 3.71. The molecule has 0 spiro atoms. The smallest absolute Gasteiger partial charge is 0.325 e. The van der Waals surface area contributed by atoms with Crippen molar-refractivity contribution < 1.29 is 19.2 Å². The molecule has 7 heteroatoms. The van der Waals surface area contributed by atoms with Crippen LogP contribution in [-0.4, -0.2) is 35.1 Å². The molecular weight excluding hydrogens is 370 g/mol. The van der Waals surface area contributed by atoms with Crippen LogP contribution < -0.4 is 10.6 Å². The van der Waals surface area contributed by atoms with Gasteiger partial charge in [-0.05, 0) is 49.6 Å². The van der Waals surface area contributed by atoms with E-state index in [1.807, 2.05) is 19.1 Å². The Bertz CT molecular complexity index is 1040. The number of rotatable bonds is 4. The SMILES string of the molecule is Cc1ccc([C@@]2(C)NC(=O)N(CC(=O)c3ccc4c(c3)CCC(=O)N4)C2=O)cc1. The molecule has 1 fully saturated rings. The average molecular weight is 391 g/mol. The first-order chi connectivity index (χ1) is 13.8. The zero-order chi connectivity index (χ0) is 20.8. The van der Waals surface area contributed by atoms with E-state index in [1.54, 1.807) is 37.3 Å². The predicted octanol–water partition coefficient (Wildman–Crippen LogP) is 2.53. The van der Waals surface area contributed by atoms with Crippen LogP contribution in [0.3, 0.4) is 0 Å². The Morgan fingerprint density at radius 3 is 2.52 bits per heavy atom. The summed E-state index contributed by atoms with van der Waals surface area (Å²) < 4.78 is 0. The molecule has 148 valence electrons. The molecule has 4 amide bonds. The molecule has 1 saturated heterocycles. The Morgan fingerprint density at radius 2 is 1.79 bits per heavy atom. The second-order valence-electron chi connectivity index (χ2n) is 7.66.